The maximum absolute atomic E-state index is 10.3. The van der Waals surface area contributed by atoms with Gasteiger partial charge in [0, 0.05) is 13.1 Å². The molecule has 1 aliphatic rings. The van der Waals surface area contributed by atoms with Crippen LogP contribution < -0.4 is 5.32 Å². The molecule has 0 bridgehead atoms. The lowest BCUT2D eigenvalue weighted by Gasteiger charge is -2.36. The summed E-state index contributed by atoms with van der Waals surface area (Å²) >= 11 is 0. The molecule has 0 aromatic heterocycles. The number of rotatable bonds is 5. The number of hydrogen-bond donors (Lipinski definition) is 3. The molecule has 3 N–H and O–H groups in total. The smallest absolute Gasteiger partial charge is 0.0771 e. The number of aliphatic hydroxyl groups excluding tert-OH is 1. The van der Waals surface area contributed by atoms with Crippen LogP contribution in [0, 0.1) is 5.92 Å². The van der Waals surface area contributed by atoms with Crippen molar-refractivity contribution in [2.45, 2.75) is 57.7 Å². The van der Waals surface area contributed by atoms with E-state index in [9.17, 15) is 5.11 Å². The zero-order valence-corrected chi connectivity index (χ0v) is 10.00. The van der Waals surface area contributed by atoms with Crippen molar-refractivity contribution in [2.24, 2.45) is 5.92 Å². The van der Waals surface area contributed by atoms with E-state index in [1.807, 2.05) is 0 Å². The van der Waals surface area contributed by atoms with Crippen molar-refractivity contribution in [3.63, 3.8) is 0 Å². The normalized spacial score (nSPS) is 34.0. The first kappa shape index (κ1) is 12.9. The fourth-order valence-electron chi connectivity index (χ4n) is 2.31. The van der Waals surface area contributed by atoms with Crippen LogP contribution in [0.1, 0.15) is 46.0 Å². The predicted octanol–water partition coefficient (Wildman–Crippen LogP) is 1.29. The lowest BCUT2D eigenvalue weighted by Crippen LogP contribution is -2.45. The molecule has 3 nitrogen and oxygen atoms in total. The van der Waals surface area contributed by atoms with Gasteiger partial charge in [-0.2, -0.15) is 0 Å². The summed E-state index contributed by atoms with van der Waals surface area (Å²) in [6, 6.07) is 0. The molecule has 0 saturated heterocycles. The molecular weight excluding hydrogens is 190 g/mol. The van der Waals surface area contributed by atoms with Gasteiger partial charge < -0.3 is 15.5 Å². The molecule has 1 fully saturated rings. The average Bonchev–Trinajstić information content (AvgIpc) is 2.18. The van der Waals surface area contributed by atoms with Crippen LogP contribution in [0.25, 0.3) is 0 Å². The van der Waals surface area contributed by atoms with Crippen LogP contribution in [0.2, 0.25) is 0 Å². The van der Waals surface area contributed by atoms with E-state index in [2.05, 4.69) is 12.2 Å². The summed E-state index contributed by atoms with van der Waals surface area (Å²) in [7, 11) is 0. The van der Waals surface area contributed by atoms with Crippen molar-refractivity contribution >= 4 is 0 Å². The Bertz CT molecular complexity index is 174. The molecular formula is C12H25NO2. The van der Waals surface area contributed by atoms with E-state index in [0.717, 1.165) is 31.6 Å². The van der Waals surface area contributed by atoms with Crippen molar-refractivity contribution in [3.8, 4) is 0 Å². The molecule has 0 radical (unpaired) electrons. The molecule has 15 heavy (non-hydrogen) atoms. The fourth-order valence-corrected chi connectivity index (χ4v) is 2.31. The standard InChI is InChI=1S/C12H25NO2/c1-3-11-4-6-12(15,7-5-11)9-13-8-10(2)14/h10-11,13-15H,3-9H2,1-2H3/t10-,11?,12?/m1/s1. The Morgan fingerprint density at radius 1 is 1.40 bits per heavy atom. The second-order valence-corrected chi connectivity index (χ2v) is 5.06. The van der Waals surface area contributed by atoms with E-state index in [-0.39, 0.29) is 6.10 Å². The summed E-state index contributed by atoms with van der Waals surface area (Å²) in [5.74, 6) is 0.807. The van der Waals surface area contributed by atoms with Crippen LogP contribution in [0.5, 0.6) is 0 Å². The molecule has 90 valence electrons. The minimum atomic E-state index is -0.527. The molecule has 0 amide bonds. The molecule has 1 aliphatic carbocycles. The molecule has 0 unspecified atom stereocenters. The first-order chi connectivity index (χ1) is 7.06. The van der Waals surface area contributed by atoms with Gasteiger partial charge in [0.25, 0.3) is 0 Å². The first-order valence-electron chi connectivity index (χ1n) is 6.17. The van der Waals surface area contributed by atoms with Gasteiger partial charge in [0.15, 0.2) is 0 Å². The first-order valence-corrected chi connectivity index (χ1v) is 6.17. The Morgan fingerprint density at radius 3 is 2.47 bits per heavy atom. The van der Waals surface area contributed by atoms with Gasteiger partial charge in [-0.1, -0.05) is 13.3 Å². The average molecular weight is 215 g/mol. The van der Waals surface area contributed by atoms with Gasteiger partial charge in [-0.15, -0.1) is 0 Å². The van der Waals surface area contributed by atoms with E-state index in [1.54, 1.807) is 6.92 Å². The van der Waals surface area contributed by atoms with Crippen molar-refractivity contribution < 1.29 is 10.2 Å². The highest BCUT2D eigenvalue weighted by Gasteiger charge is 2.32. The van der Waals surface area contributed by atoms with Crippen molar-refractivity contribution in [2.75, 3.05) is 13.1 Å². The number of hydrogen-bond acceptors (Lipinski definition) is 3. The molecule has 1 rings (SSSR count). The third kappa shape index (κ3) is 4.49. The highest BCUT2D eigenvalue weighted by atomic mass is 16.3. The second kappa shape index (κ2) is 5.83. The Kier molecular flexibility index (Phi) is 5.03. The lowest BCUT2D eigenvalue weighted by atomic mass is 9.78. The predicted molar refractivity (Wildman–Crippen MR) is 61.7 cm³/mol. The highest BCUT2D eigenvalue weighted by Crippen LogP contribution is 2.33. The van der Waals surface area contributed by atoms with Crippen LogP contribution >= 0.6 is 0 Å². The molecule has 0 aromatic carbocycles. The topological polar surface area (TPSA) is 52.5 Å². The molecule has 0 heterocycles. The maximum atomic E-state index is 10.3. The molecule has 0 spiro atoms. The Labute approximate surface area is 92.9 Å². The quantitative estimate of drug-likeness (QED) is 0.648. The van der Waals surface area contributed by atoms with E-state index < -0.39 is 5.60 Å². The van der Waals surface area contributed by atoms with Crippen LogP contribution in [-0.4, -0.2) is 35.0 Å². The summed E-state index contributed by atoms with van der Waals surface area (Å²) in [4.78, 5) is 0. The molecule has 1 atom stereocenters. The third-order valence-electron chi connectivity index (χ3n) is 3.51. The van der Waals surface area contributed by atoms with Crippen LogP contribution in [-0.2, 0) is 0 Å². The summed E-state index contributed by atoms with van der Waals surface area (Å²) in [5, 5.41) is 22.5. The SMILES string of the molecule is CCC1CCC(O)(CNC[C@@H](C)O)CC1. The van der Waals surface area contributed by atoms with E-state index in [0.29, 0.717) is 13.1 Å². The Morgan fingerprint density at radius 2 is 2.00 bits per heavy atom. The summed E-state index contributed by atoms with van der Waals surface area (Å²) < 4.78 is 0. The van der Waals surface area contributed by atoms with E-state index in [4.69, 9.17) is 5.11 Å². The molecule has 0 aliphatic heterocycles. The monoisotopic (exact) mass is 215 g/mol. The van der Waals surface area contributed by atoms with Crippen molar-refractivity contribution in [1.82, 2.24) is 5.32 Å². The summed E-state index contributed by atoms with van der Waals surface area (Å²) in [5.41, 5.74) is -0.527. The zero-order valence-electron chi connectivity index (χ0n) is 10.00. The second-order valence-electron chi connectivity index (χ2n) is 5.06. The van der Waals surface area contributed by atoms with Crippen molar-refractivity contribution in [1.29, 1.82) is 0 Å². The van der Waals surface area contributed by atoms with Gasteiger partial charge in [0.05, 0.1) is 11.7 Å². The van der Waals surface area contributed by atoms with Crippen LogP contribution in [0.15, 0.2) is 0 Å². The minimum absolute atomic E-state index is 0.333. The van der Waals surface area contributed by atoms with Gasteiger partial charge >= 0.3 is 0 Å². The largest absolute Gasteiger partial charge is 0.392 e. The van der Waals surface area contributed by atoms with Gasteiger partial charge in [-0.25, -0.2) is 0 Å². The van der Waals surface area contributed by atoms with Crippen LogP contribution in [0.3, 0.4) is 0 Å². The zero-order chi connectivity index (χ0) is 11.3. The lowest BCUT2D eigenvalue weighted by molar-refractivity contribution is -0.0101. The number of aliphatic hydroxyl groups is 2. The molecule has 1 saturated carbocycles. The van der Waals surface area contributed by atoms with Crippen molar-refractivity contribution in [3.05, 3.63) is 0 Å². The summed E-state index contributed by atoms with van der Waals surface area (Å²) in [6.45, 7) is 5.17. The summed E-state index contributed by atoms with van der Waals surface area (Å²) in [6.07, 6.45) is 4.99. The van der Waals surface area contributed by atoms with Gasteiger partial charge in [-0.3, -0.25) is 0 Å². The maximum Gasteiger partial charge on any atom is 0.0771 e. The molecule has 0 aromatic rings. The third-order valence-corrected chi connectivity index (χ3v) is 3.51. The molecule has 3 heteroatoms. The van der Waals surface area contributed by atoms with Crippen LogP contribution in [0.4, 0.5) is 0 Å². The van der Waals surface area contributed by atoms with Gasteiger partial charge in [0.1, 0.15) is 0 Å². The van der Waals surface area contributed by atoms with E-state index >= 15 is 0 Å². The fraction of sp³-hybridized carbons (Fsp3) is 1.00. The Hall–Kier alpha value is -0.120. The van der Waals surface area contributed by atoms with E-state index in [1.165, 1.54) is 6.42 Å². The Balaban J connectivity index is 2.22. The minimum Gasteiger partial charge on any atom is -0.392 e. The van der Waals surface area contributed by atoms with Gasteiger partial charge in [-0.05, 0) is 38.5 Å². The highest BCUT2D eigenvalue weighted by molar-refractivity contribution is 4.87. The number of nitrogens with one attached hydrogen (secondary N) is 1. The van der Waals surface area contributed by atoms with Gasteiger partial charge in [0.2, 0.25) is 0 Å².